The quantitative estimate of drug-likeness (QED) is 0.600. The van der Waals surface area contributed by atoms with Crippen LogP contribution in [-0.2, 0) is 9.53 Å². The highest BCUT2D eigenvalue weighted by Gasteiger charge is 2.59. The third kappa shape index (κ3) is 1.22. The molecule has 4 bridgehead atoms. The van der Waals surface area contributed by atoms with Gasteiger partial charge in [-0.2, -0.15) is 0 Å². The monoisotopic (exact) mass is 232 g/mol. The Kier molecular flexibility index (Phi) is 1.96. The maximum absolute atomic E-state index is 12.5. The fourth-order valence-electron chi connectivity index (χ4n) is 4.94. The standard InChI is InChI=1S/C15H20O2/c1-15-7-3-2-4-10(15)13-12-6-5-11(17-12)9(8-15)14(13)16/h5-6,9-13H,2-4,7-8H2,1H3/t9-,10+,11-,12+,13+,15+/m1/s1. The number of fused-ring (bicyclic) bond motifs is 8. The summed E-state index contributed by atoms with van der Waals surface area (Å²) in [5.74, 6) is 1.43. The van der Waals surface area contributed by atoms with Gasteiger partial charge in [0.1, 0.15) is 5.78 Å². The van der Waals surface area contributed by atoms with Crippen molar-refractivity contribution in [1.29, 1.82) is 0 Å². The first-order chi connectivity index (χ1) is 8.19. The van der Waals surface area contributed by atoms with Crippen molar-refractivity contribution in [2.24, 2.45) is 23.2 Å². The number of rotatable bonds is 0. The zero-order chi connectivity index (χ0) is 11.6. The van der Waals surface area contributed by atoms with Crippen molar-refractivity contribution in [3.63, 3.8) is 0 Å². The lowest BCUT2D eigenvalue weighted by Gasteiger charge is -2.55. The van der Waals surface area contributed by atoms with Crippen LogP contribution in [0.2, 0.25) is 0 Å². The minimum Gasteiger partial charge on any atom is -0.365 e. The maximum atomic E-state index is 12.5. The fraction of sp³-hybridized carbons (Fsp3) is 0.800. The Labute approximate surface area is 102 Å². The van der Waals surface area contributed by atoms with Crippen LogP contribution in [0.15, 0.2) is 12.2 Å². The molecule has 2 nitrogen and oxygen atoms in total. The third-order valence-electron chi connectivity index (χ3n) is 5.78. The summed E-state index contributed by atoms with van der Waals surface area (Å²) >= 11 is 0. The number of Topliss-reactive ketones (excluding diaryl/α,β-unsaturated/α-hetero) is 1. The van der Waals surface area contributed by atoms with Crippen LogP contribution in [-0.4, -0.2) is 18.0 Å². The molecule has 0 aromatic heterocycles. The lowest BCUT2D eigenvalue weighted by molar-refractivity contribution is -0.173. The molecule has 2 heteroatoms. The van der Waals surface area contributed by atoms with Crippen LogP contribution in [0.5, 0.6) is 0 Å². The molecular weight excluding hydrogens is 212 g/mol. The van der Waals surface area contributed by atoms with Gasteiger partial charge in [0.15, 0.2) is 0 Å². The highest BCUT2D eigenvalue weighted by atomic mass is 16.5. The van der Waals surface area contributed by atoms with Crippen molar-refractivity contribution in [3.05, 3.63) is 12.2 Å². The fourth-order valence-corrected chi connectivity index (χ4v) is 4.94. The average Bonchev–Trinajstić information content (AvgIpc) is 2.74. The average molecular weight is 232 g/mol. The van der Waals surface area contributed by atoms with E-state index in [2.05, 4.69) is 19.1 Å². The molecule has 92 valence electrons. The van der Waals surface area contributed by atoms with Gasteiger partial charge in [0.05, 0.1) is 18.1 Å². The normalized spacial score (nSPS) is 55.8. The maximum Gasteiger partial charge on any atom is 0.145 e. The van der Waals surface area contributed by atoms with E-state index in [0.29, 0.717) is 17.1 Å². The molecule has 4 rings (SSSR count). The van der Waals surface area contributed by atoms with Gasteiger partial charge in [-0.3, -0.25) is 4.79 Å². The molecule has 1 saturated heterocycles. The molecule has 0 unspecified atom stereocenters. The SMILES string of the molecule is C[C@@]12CCCC[C@H]1[C@@H]1C(=O)[C@H](C2)[C@H]2C=C[C@@H]1O2. The van der Waals surface area contributed by atoms with Crippen molar-refractivity contribution < 1.29 is 9.53 Å². The van der Waals surface area contributed by atoms with E-state index in [9.17, 15) is 4.79 Å². The second-order valence-electron chi connectivity index (χ2n) is 6.70. The molecule has 6 atom stereocenters. The minimum atomic E-state index is 0.100. The lowest BCUT2D eigenvalue weighted by atomic mass is 9.52. The molecule has 0 aromatic carbocycles. The van der Waals surface area contributed by atoms with Gasteiger partial charge >= 0.3 is 0 Å². The number of hydrogen-bond donors (Lipinski definition) is 0. The number of carbonyl (C=O) groups excluding carboxylic acids is 1. The van der Waals surface area contributed by atoms with E-state index in [4.69, 9.17) is 4.74 Å². The van der Waals surface area contributed by atoms with Gasteiger partial charge in [-0.15, -0.1) is 0 Å². The zero-order valence-electron chi connectivity index (χ0n) is 10.4. The molecule has 0 aromatic rings. The van der Waals surface area contributed by atoms with Crippen molar-refractivity contribution >= 4 is 5.78 Å². The van der Waals surface area contributed by atoms with Crippen molar-refractivity contribution in [3.8, 4) is 0 Å². The first-order valence-electron chi connectivity index (χ1n) is 7.07. The van der Waals surface area contributed by atoms with Crippen LogP contribution >= 0.6 is 0 Å². The van der Waals surface area contributed by atoms with Crippen LogP contribution in [0.25, 0.3) is 0 Å². The van der Waals surface area contributed by atoms with E-state index < -0.39 is 0 Å². The van der Waals surface area contributed by atoms with Gasteiger partial charge in [0.2, 0.25) is 0 Å². The topological polar surface area (TPSA) is 26.3 Å². The summed E-state index contributed by atoms with van der Waals surface area (Å²) in [5, 5.41) is 0. The second kappa shape index (κ2) is 3.23. The van der Waals surface area contributed by atoms with Crippen LogP contribution in [0.3, 0.4) is 0 Å². The Bertz CT molecular complexity index is 400. The Morgan fingerprint density at radius 2 is 2.12 bits per heavy atom. The van der Waals surface area contributed by atoms with E-state index in [-0.39, 0.29) is 24.0 Å². The predicted molar refractivity (Wildman–Crippen MR) is 64.5 cm³/mol. The third-order valence-corrected chi connectivity index (χ3v) is 5.78. The van der Waals surface area contributed by atoms with Crippen molar-refractivity contribution in [1.82, 2.24) is 0 Å². The summed E-state index contributed by atoms with van der Waals surface area (Å²) in [4.78, 5) is 12.5. The predicted octanol–water partition coefficient (Wildman–Crippen LogP) is 2.73. The van der Waals surface area contributed by atoms with Gasteiger partial charge in [-0.25, -0.2) is 0 Å². The molecule has 3 fully saturated rings. The highest BCUT2D eigenvalue weighted by molar-refractivity contribution is 5.88. The van der Waals surface area contributed by atoms with E-state index in [0.717, 1.165) is 6.42 Å². The molecule has 0 radical (unpaired) electrons. The molecule has 2 aliphatic heterocycles. The van der Waals surface area contributed by atoms with Gasteiger partial charge in [-0.05, 0) is 30.6 Å². The first-order valence-corrected chi connectivity index (χ1v) is 7.07. The highest BCUT2D eigenvalue weighted by Crippen LogP contribution is 2.58. The molecule has 4 aliphatic rings. The van der Waals surface area contributed by atoms with Gasteiger partial charge in [-0.1, -0.05) is 31.9 Å². The summed E-state index contributed by atoms with van der Waals surface area (Å²) in [5.41, 5.74) is 0.411. The molecule has 2 saturated carbocycles. The Morgan fingerprint density at radius 1 is 1.29 bits per heavy atom. The van der Waals surface area contributed by atoms with Crippen LogP contribution < -0.4 is 0 Å². The van der Waals surface area contributed by atoms with Crippen molar-refractivity contribution in [2.75, 3.05) is 0 Å². The molecule has 17 heavy (non-hydrogen) atoms. The first kappa shape index (κ1) is 10.3. The van der Waals surface area contributed by atoms with Gasteiger partial charge in [0, 0.05) is 5.92 Å². The zero-order valence-corrected chi connectivity index (χ0v) is 10.4. The summed E-state index contributed by atoms with van der Waals surface area (Å²) in [7, 11) is 0. The Morgan fingerprint density at radius 3 is 3.00 bits per heavy atom. The lowest BCUT2D eigenvalue weighted by Crippen LogP contribution is -2.57. The van der Waals surface area contributed by atoms with Crippen LogP contribution in [0.4, 0.5) is 0 Å². The Balaban J connectivity index is 1.79. The Hall–Kier alpha value is -0.630. The largest absolute Gasteiger partial charge is 0.365 e. The van der Waals surface area contributed by atoms with Crippen LogP contribution in [0, 0.1) is 23.2 Å². The molecule has 2 aliphatic carbocycles. The summed E-state index contributed by atoms with van der Waals surface area (Å²) in [6, 6.07) is 0. The van der Waals surface area contributed by atoms with E-state index in [1.807, 2.05) is 0 Å². The number of ether oxygens (including phenoxy) is 1. The number of carbonyl (C=O) groups is 1. The van der Waals surface area contributed by atoms with E-state index in [1.165, 1.54) is 25.7 Å². The summed E-state index contributed by atoms with van der Waals surface area (Å²) in [6.07, 6.45) is 10.8. The number of hydrogen-bond acceptors (Lipinski definition) is 2. The number of ketones is 1. The molecular formula is C15H20O2. The van der Waals surface area contributed by atoms with Gasteiger partial charge < -0.3 is 4.74 Å². The van der Waals surface area contributed by atoms with E-state index in [1.54, 1.807) is 0 Å². The molecule has 0 spiro atoms. The summed E-state index contributed by atoms with van der Waals surface area (Å²) < 4.78 is 6.00. The molecule has 2 heterocycles. The van der Waals surface area contributed by atoms with E-state index >= 15 is 0 Å². The second-order valence-corrected chi connectivity index (χ2v) is 6.70. The van der Waals surface area contributed by atoms with Crippen molar-refractivity contribution in [2.45, 2.75) is 51.2 Å². The van der Waals surface area contributed by atoms with Crippen LogP contribution in [0.1, 0.15) is 39.0 Å². The smallest absolute Gasteiger partial charge is 0.145 e. The minimum absolute atomic E-state index is 0.100. The molecule has 0 N–H and O–H groups in total. The molecule has 0 amide bonds. The van der Waals surface area contributed by atoms with Gasteiger partial charge in [0.25, 0.3) is 0 Å². The summed E-state index contributed by atoms with van der Waals surface area (Å²) in [6.45, 7) is 2.42.